The van der Waals surface area contributed by atoms with Gasteiger partial charge in [-0.3, -0.25) is 9.59 Å². The second kappa shape index (κ2) is 10.3. The number of rotatable bonds is 7. The number of fused-ring (bicyclic) bond motifs is 1. The predicted molar refractivity (Wildman–Crippen MR) is 124 cm³/mol. The molecule has 0 saturated carbocycles. The molecule has 0 fully saturated rings. The van der Waals surface area contributed by atoms with Crippen molar-refractivity contribution in [1.82, 2.24) is 0 Å². The van der Waals surface area contributed by atoms with Gasteiger partial charge in [-0.25, -0.2) is 9.59 Å². The van der Waals surface area contributed by atoms with Gasteiger partial charge < -0.3 is 20.1 Å². The van der Waals surface area contributed by atoms with Gasteiger partial charge in [-0.1, -0.05) is 0 Å². The van der Waals surface area contributed by atoms with Crippen molar-refractivity contribution in [3.63, 3.8) is 0 Å². The van der Waals surface area contributed by atoms with Crippen molar-refractivity contribution in [2.45, 2.75) is 53.4 Å². The maximum absolute atomic E-state index is 12.8. The minimum absolute atomic E-state index is 0.222. The van der Waals surface area contributed by atoms with Crippen molar-refractivity contribution in [1.29, 1.82) is 0 Å². The Morgan fingerprint density at radius 1 is 0.906 bits per heavy atom. The lowest BCUT2D eigenvalue weighted by atomic mass is 9.95. The molecule has 0 spiro atoms. The van der Waals surface area contributed by atoms with Gasteiger partial charge in [0.1, 0.15) is 10.0 Å². The maximum atomic E-state index is 12.8. The predicted octanol–water partition coefficient (Wildman–Crippen LogP) is 4.24. The first-order valence-electron chi connectivity index (χ1n) is 10.4. The van der Waals surface area contributed by atoms with Crippen LogP contribution in [-0.4, -0.2) is 37.0 Å². The molecule has 0 aromatic carbocycles. The van der Waals surface area contributed by atoms with Crippen molar-refractivity contribution in [2.75, 3.05) is 23.8 Å². The summed E-state index contributed by atoms with van der Waals surface area (Å²) < 4.78 is 10.4. The number of anilines is 2. The van der Waals surface area contributed by atoms with Gasteiger partial charge in [0, 0.05) is 16.7 Å². The lowest BCUT2D eigenvalue weighted by molar-refractivity contribution is -0.119. The Morgan fingerprint density at radius 2 is 1.56 bits per heavy atom. The summed E-state index contributed by atoms with van der Waals surface area (Å²) in [7, 11) is 0. The summed E-state index contributed by atoms with van der Waals surface area (Å²) in [5.41, 5.74) is 2.28. The van der Waals surface area contributed by atoms with E-state index in [2.05, 4.69) is 10.6 Å². The van der Waals surface area contributed by atoms with Crippen LogP contribution in [0.25, 0.3) is 0 Å². The maximum Gasteiger partial charge on any atom is 0.341 e. The Balaban J connectivity index is 1.72. The van der Waals surface area contributed by atoms with Crippen LogP contribution in [0.2, 0.25) is 0 Å². The molecular weight excluding hydrogens is 452 g/mol. The van der Waals surface area contributed by atoms with Crippen LogP contribution >= 0.6 is 22.7 Å². The van der Waals surface area contributed by atoms with Gasteiger partial charge in [0.2, 0.25) is 5.91 Å². The van der Waals surface area contributed by atoms with E-state index in [1.54, 1.807) is 13.8 Å². The number of hydrogen-bond donors (Lipinski definition) is 2. The minimum Gasteiger partial charge on any atom is -0.462 e. The zero-order valence-electron chi connectivity index (χ0n) is 18.5. The van der Waals surface area contributed by atoms with Crippen LogP contribution in [-0.2, 0) is 31.9 Å². The third-order valence-electron chi connectivity index (χ3n) is 5.12. The van der Waals surface area contributed by atoms with Crippen LogP contribution in [0.1, 0.15) is 68.3 Å². The van der Waals surface area contributed by atoms with Gasteiger partial charge in [-0.05, 0) is 57.6 Å². The van der Waals surface area contributed by atoms with Crippen LogP contribution in [0.15, 0.2) is 0 Å². The Hall–Kier alpha value is -2.72. The van der Waals surface area contributed by atoms with Gasteiger partial charge in [0.05, 0.1) is 17.7 Å². The first kappa shape index (κ1) is 23.9. The highest BCUT2D eigenvalue weighted by Gasteiger charge is 2.28. The molecule has 2 heterocycles. The van der Waals surface area contributed by atoms with E-state index in [4.69, 9.17) is 9.47 Å². The molecule has 0 radical (unpaired) electrons. The number of carbonyl (C=O) groups excluding carboxylic acids is 4. The number of thiophene rings is 2. The van der Waals surface area contributed by atoms with E-state index in [1.165, 1.54) is 29.6 Å². The molecule has 10 heteroatoms. The molecule has 0 saturated heterocycles. The highest BCUT2D eigenvalue weighted by atomic mass is 32.1. The van der Waals surface area contributed by atoms with E-state index in [0.29, 0.717) is 21.1 Å². The molecule has 2 aromatic rings. The zero-order valence-corrected chi connectivity index (χ0v) is 20.1. The lowest BCUT2D eigenvalue weighted by Gasteiger charge is -2.13. The SMILES string of the molecule is CCOC(=O)c1c(NC(=O)COC(=O)c2c(NC(C)=O)sc3c2CCCC3)sc(C)c1C. The van der Waals surface area contributed by atoms with Gasteiger partial charge in [0.25, 0.3) is 5.91 Å². The van der Waals surface area contributed by atoms with Gasteiger partial charge in [0.15, 0.2) is 6.61 Å². The van der Waals surface area contributed by atoms with Crippen LogP contribution in [0.4, 0.5) is 10.0 Å². The fourth-order valence-corrected chi connectivity index (χ4v) is 5.95. The molecule has 0 unspecified atom stereocenters. The average molecular weight is 479 g/mol. The summed E-state index contributed by atoms with van der Waals surface area (Å²) in [5, 5.41) is 6.19. The molecule has 3 rings (SSSR count). The number of hydrogen-bond acceptors (Lipinski definition) is 8. The molecule has 172 valence electrons. The first-order valence-corrected chi connectivity index (χ1v) is 12.0. The Kier molecular flexibility index (Phi) is 7.68. The summed E-state index contributed by atoms with van der Waals surface area (Å²) in [5.74, 6) is -1.99. The summed E-state index contributed by atoms with van der Waals surface area (Å²) >= 11 is 2.65. The van der Waals surface area contributed by atoms with Gasteiger partial charge in [-0.2, -0.15) is 0 Å². The van der Waals surface area contributed by atoms with Crippen molar-refractivity contribution in [3.8, 4) is 0 Å². The topological polar surface area (TPSA) is 111 Å². The number of esters is 2. The highest BCUT2D eigenvalue weighted by molar-refractivity contribution is 7.17. The molecule has 2 aromatic heterocycles. The van der Waals surface area contributed by atoms with E-state index in [0.717, 1.165) is 46.6 Å². The van der Waals surface area contributed by atoms with Crippen LogP contribution in [0, 0.1) is 13.8 Å². The molecule has 0 atom stereocenters. The van der Waals surface area contributed by atoms with Crippen molar-refractivity contribution < 1.29 is 28.7 Å². The number of nitrogens with one attached hydrogen (secondary N) is 2. The van der Waals surface area contributed by atoms with E-state index in [-0.39, 0.29) is 12.5 Å². The van der Waals surface area contributed by atoms with Crippen molar-refractivity contribution >= 4 is 56.4 Å². The molecule has 8 nitrogen and oxygen atoms in total. The summed E-state index contributed by atoms with van der Waals surface area (Å²) in [6.07, 6.45) is 3.58. The van der Waals surface area contributed by atoms with Crippen LogP contribution in [0.3, 0.4) is 0 Å². The second-order valence-electron chi connectivity index (χ2n) is 7.43. The Bertz CT molecular complexity index is 1070. The first-order chi connectivity index (χ1) is 15.2. The average Bonchev–Trinajstić information content (AvgIpc) is 3.22. The third-order valence-corrected chi connectivity index (χ3v) is 7.45. The fraction of sp³-hybridized carbons (Fsp3) is 0.455. The molecule has 2 N–H and O–H groups in total. The van der Waals surface area contributed by atoms with E-state index >= 15 is 0 Å². The fourth-order valence-electron chi connectivity index (χ4n) is 3.56. The minimum atomic E-state index is -0.646. The van der Waals surface area contributed by atoms with Crippen molar-refractivity contribution in [3.05, 3.63) is 32.0 Å². The van der Waals surface area contributed by atoms with E-state index in [1.807, 2.05) is 6.92 Å². The van der Waals surface area contributed by atoms with E-state index < -0.39 is 24.5 Å². The zero-order chi connectivity index (χ0) is 23.4. The largest absolute Gasteiger partial charge is 0.462 e. The smallest absolute Gasteiger partial charge is 0.341 e. The standard InChI is InChI=1S/C22H26N2O6S2/c1-5-29-21(27)17-11(2)12(3)31-19(17)24-16(26)10-30-22(28)18-14-8-6-7-9-15(14)32-20(18)23-13(4)25/h5-10H2,1-4H3,(H,23,25)(H,24,26). The highest BCUT2D eigenvalue weighted by Crippen LogP contribution is 2.38. The molecule has 32 heavy (non-hydrogen) atoms. The molecule has 2 amide bonds. The third kappa shape index (κ3) is 5.18. The second-order valence-corrected chi connectivity index (χ2v) is 9.76. The number of carbonyl (C=O) groups is 4. The summed E-state index contributed by atoms with van der Waals surface area (Å²) in [6.45, 7) is 6.44. The number of amides is 2. The summed E-state index contributed by atoms with van der Waals surface area (Å²) in [4.78, 5) is 51.1. The number of aryl methyl sites for hydroxylation is 2. The van der Waals surface area contributed by atoms with Gasteiger partial charge >= 0.3 is 11.9 Å². The lowest BCUT2D eigenvalue weighted by Crippen LogP contribution is -2.22. The summed E-state index contributed by atoms with van der Waals surface area (Å²) in [6, 6.07) is 0. The molecule has 0 bridgehead atoms. The van der Waals surface area contributed by atoms with Crippen LogP contribution in [0.5, 0.6) is 0 Å². The Morgan fingerprint density at radius 3 is 2.25 bits per heavy atom. The Labute approximate surface area is 194 Å². The quantitative estimate of drug-likeness (QED) is 0.576. The molecule has 1 aliphatic carbocycles. The van der Waals surface area contributed by atoms with Crippen LogP contribution < -0.4 is 10.6 Å². The molecular formula is C22H26N2O6S2. The normalized spacial score (nSPS) is 12.6. The molecule has 0 aliphatic heterocycles. The van der Waals surface area contributed by atoms with E-state index in [9.17, 15) is 19.2 Å². The monoisotopic (exact) mass is 478 g/mol. The molecule has 1 aliphatic rings. The van der Waals surface area contributed by atoms with Gasteiger partial charge in [-0.15, -0.1) is 22.7 Å². The number of ether oxygens (including phenoxy) is 2. The van der Waals surface area contributed by atoms with Crippen molar-refractivity contribution in [2.24, 2.45) is 0 Å².